The van der Waals surface area contributed by atoms with Crippen LogP contribution in [0.5, 0.6) is 11.5 Å². The second-order valence-corrected chi connectivity index (χ2v) is 10.9. The molecule has 0 aliphatic heterocycles. The second kappa shape index (κ2) is 11.0. The van der Waals surface area contributed by atoms with Crippen LogP contribution in [0.25, 0.3) is 22.0 Å². The number of carbonyl (C=O) groups is 1. The van der Waals surface area contributed by atoms with Gasteiger partial charge in [-0.1, -0.05) is 19.3 Å². The molecule has 2 saturated carbocycles. The van der Waals surface area contributed by atoms with Crippen molar-refractivity contribution in [1.82, 2.24) is 14.9 Å². The van der Waals surface area contributed by atoms with Crippen LogP contribution in [-0.2, 0) is 6.54 Å². The number of thiazole rings is 1. The maximum atomic E-state index is 12.7. The van der Waals surface area contributed by atoms with Gasteiger partial charge in [0.2, 0.25) is 0 Å². The number of benzene rings is 1. The van der Waals surface area contributed by atoms with Crippen LogP contribution in [0.2, 0.25) is 0 Å². The third-order valence-electron chi connectivity index (χ3n) is 7.57. The first-order valence-electron chi connectivity index (χ1n) is 13.0. The molecule has 7 nitrogen and oxygen atoms in total. The summed E-state index contributed by atoms with van der Waals surface area (Å²) in [5, 5.41) is 15.9. The highest BCUT2D eigenvalue weighted by molar-refractivity contribution is 7.13. The van der Waals surface area contributed by atoms with E-state index in [0.29, 0.717) is 18.1 Å². The Bertz CT molecular complexity index is 1180. The van der Waals surface area contributed by atoms with E-state index < -0.39 is 12.2 Å². The van der Waals surface area contributed by atoms with Gasteiger partial charge in [0, 0.05) is 23.6 Å². The van der Waals surface area contributed by atoms with E-state index in [4.69, 9.17) is 14.5 Å². The Morgan fingerprint density at radius 2 is 1.92 bits per heavy atom. The number of nitrogens with one attached hydrogen (secondary N) is 1. The van der Waals surface area contributed by atoms with Crippen molar-refractivity contribution in [2.45, 2.75) is 77.0 Å². The summed E-state index contributed by atoms with van der Waals surface area (Å²) in [6.07, 6.45) is 7.69. The Balaban J connectivity index is 1.41. The van der Waals surface area contributed by atoms with Gasteiger partial charge in [-0.3, -0.25) is 0 Å². The fourth-order valence-corrected chi connectivity index (χ4v) is 6.27. The van der Waals surface area contributed by atoms with Gasteiger partial charge in [0.05, 0.1) is 36.3 Å². The molecule has 0 radical (unpaired) electrons. The summed E-state index contributed by atoms with van der Waals surface area (Å²) in [6.45, 7) is 2.90. The van der Waals surface area contributed by atoms with Crippen molar-refractivity contribution in [3.63, 3.8) is 0 Å². The largest absolute Gasteiger partial charge is 0.497 e. The number of aliphatic hydroxyl groups is 1. The van der Waals surface area contributed by atoms with Crippen molar-refractivity contribution in [2.24, 2.45) is 5.92 Å². The van der Waals surface area contributed by atoms with E-state index in [1.54, 1.807) is 18.4 Å². The molecule has 2 aliphatic rings. The van der Waals surface area contributed by atoms with Crippen molar-refractivity contribution >= 4 is 17.4 Å². The lowest BCUT2D eigenvalue weighted by Gasteiger charge is -2.24. The molecule has 0 spiro atoms. The summed E-state index contributed by atoms with van der Waals surface area (Å²) in [5.41, 5.74) is 3.82. The lowest BCUT2D eigenvalue weighted by molar-refractivity contribution is 0.140. The first-order chi connectivity index (χ1) is 17.5. The van der Waals surface area contributed by atoms with Gasteiger partial charge >= 0.3 is 6.09 Å². The highest BCUT2D eigenvalue weighted by Gasteiger charge is 2.28. The van der Waals surface area contributed by atoms with Crippen LogP contribution in [0.1, 0.15) is 57.1 Å². The van der Waals surface area contributed by atoms with Crippen molar-refractivity contribution in [2.75, 3.05) is 7.11 Å². The third kappa shape index (κ3) is 5.44. The van der Waals surface area contributed by atoms with Gasteiger partial charge in [-0.2, -0.15) is 0 Å². The van der Waals surface area contributed by atoms with Gasteiger partial charge in [0.25, 0.3) is 0 Å². The summed E-state index contributed by atoms with van der Waals surface area (Å²) in [7, 11) is 1.66. The minimum absolute atomic E-state index is 0.243. The Morgan fingerprint density at radius 1 is 1.14 bits per heavy atom. The molecule has 2 N–H and O–H groups in total. The summed E-state index contributed by atoms with van der Waals surface area (Å²) >= 11 is 1.60. The summed E-state index contributed by atoms with van der Waals surface area (Å²) in [6, 6.07) is 9.62. The fourth-order valence-electron chi connectivity index (χ4n) is 5.45. The molecule has 0 saturated heterocycles. The van der Waals surface area contributed by atoms with E-state index in [1.807, 2.05) is 37.3 Å². The molecule has 2 heterocycles. The molecular formula is C28H35N3O4S. The number of methoxy groups -OCH3 is 1. The molecule has 2 aromatic heterocycles. The molecule has 8 heteroatoms. The minimum atomic E-state index is -0.511. The Labute approximate surface area is 216 Å². The number of carbonyl (C=O) groups excluding carboxylic acids is 1. The number of amides is 1. The van der Waals surface area contributed by atoms with Crippen LogP contribution >= 0.6 is 11.3 Å². The van der Waals surface area contributed by atoms with E-state index in [2.05, 4.69) is 15.3 Å². The molecule has 1 aromatic carbocycles. The molecule has 5 rings (SSSR count). The van der Waals surface area contributed by atoms with E-state index in [0.717, 1.165) is 52.8 Å². The van der Waals surface area contributed by atoms with Crippen LogP contribution in [0.3, 0.4) is 0 Å². The van der Waals surface area contributed by atoms with Crippen LogP contribution in [0, 0.1) is 12.8 Å². The van der Waals surface area contributed by atoms with Gasteiger partial charge in [-0.15, -0.1) is 11.3 Å². The molecule has 192 valence electrons. The standard InChI is InChI=1S/C28H35N3O4S/c1-18-26(35-28(33)30-22-9-6-10-25(22)32)15-24(31(18)16-19-7-4-3-5-8-19)23-17-36-27(29-23)20-11-13-21(34-2)14-12-20/h11-15,17,19,22,25,32H,3-10,16H2,1-2H3,(H,30,33)/t22-,25-/m1/s1. The number of rotatable bonds is 7. The van der Waals surface area contributed by atoms with E-state index in [-0.39, 0.29) is 6.04 Å². The fraction of sp³-hybridized carbons (Fsp3) is 0.500. The predicted octanol–water partition coefficient (Wildman–Crippen LogP) is 6.18. The van der Waals surface area contributed by atoms with Crippen LogP contribution in [0.4, 0.5) is 4.79 Å². The number of hydrogen-bond donors (Lipinski definition) is 2. The van der Waals surface area contributed by atoms with Crippen LogP contribution in [0.15, 0.2) is 35.7 Å². The predicted molar refractivity (Wildman–Crippen MR) is 142 cm³/mol. The van der Waals surface area contributed by atoms with Crippen molar-refractivity contribution < 1.29 is 19.4 Å². The Morgan fingerprint density at radius 3 is 2.61 bits per heavy atom. The molecule has 0 unspecified atom stereocenters. The molecule has 2 atom stereocenters. The zero-order valence-electron chi connectivity index (χ0n) is 21.0. The van der Waals surface area contributed by atoms with Crippen LogP contribution < -0.4 is 14.8 Å². The molecule has 2 fully saturated rings. The smallest absolute Gasteiger partial charge is 0.412 e. The van der Waals surface area contributed by atoms with Crippen molar-refractivity contribution in [3.8, 4) is 33.5 Å². The van der Waals surface area contributed by atoms with Crippen molar-refractivity contribution in [1.29, 1.82) is 0 Å². The number of nitrogens with zero attached hydrogens (tertiary/aromatic N) is 2. The average molecular weight is 510 g/mol. The molecule has 2 aliphatic carbocycles. The second-order valence-electron chi connectivity index (χ2n) is 10.00. The van der Waals surface area contributed by atoms with Gasteiger partial charge in [0.15, 0.2) is 5.75 Å². The summed E-state index contributed by atoms with van der Waals surface area (Å²) in [4.78, 5) is 17.6. The molecule has 1 amide bonds. The quantitative estimate of drug-likeness (QED) is 0.397. The van der Waals surface area contributed by atoms with Gasteiger partial charge in [-0.05, 0) is 69.2 Å². The van der Waals surface area contributed by atoms with E-state index in [1.165, 1.54) is 32.1 Å². The SMILES string of the molecule is COc1ccc(-c2nc(-c3cc(OC(=O)N[C@@H]4CCC[C@H]4O)c(C)n3CC3CCCCC3)cs2)cc1. The topological polar surface area (TPSA) is 85.6 Å². The average Bonchev–Trinajstić information content (AvgIpc) is 3.61. The zero-order valence-corrected chi connectivity index (χ0v) is 21.9. The molecular weight excluding hydrogens is 474 g/mol. The molecule has 36 heavy (non-hydrogen) atoms. The maximum absolute atomic E-state index is 12.7. The maximum Gasteiger partial charge on any atom is 0.412 e. The number of aliphatic hydroxyl groups excluding tert-OH is 1. The first kappa shape index (κ1) is 24.8. The minimum Gasteiger partial charge on any atom is -0.497 e. The van der Waals surface area contributed by atoms with Gasteiger partial charge < -0.3 is 24.5 Å². The monoisotopic (exact) mass is 509 g/mol. The molecule has 0 bridgehead atoms. The lowest BCUT2D eigenvalue weighted by Crippen LogP contribution is -2.41. The first-order valence-corrected chi connectivity index (χ1v) is 13.9. The normalized spacial score (nSPS) is 20.4. The zero-order chi connectivity index (χ0) is 25.1. The molecule has 3 aromatic rings. The Kier molecular flexibility index (Phi) is 7.62. The lowest BCUT2D eigenvalue weighted by atomic mass is 9.89. The van der Waals surface area contributed by atoms with Crippen molar-refractivity contribution in [3.05, 3.63) is 41.4 Å². The van der Waals surface area contributed by atoms with Crippen LogP contribution in [-0.4, -0.2) is 40.0 Å². The number of hydrogen-bond acceptors (Lipinski definition) is 6. The van der Waals surface area contributed by atoms with E-state index in [9.17, 15) is 9.90 Å². The Hall–Kier alpha value is -2.84. The highest BCUT2D eigenvalue weighted by Crippen LogP contribution is 2.36. The van der Waals surface area contributed by atoms with Gasteiger partial charge in [0.1, 0.15) is 10.8 Å². The van der Waals surface area contributed by atoms with E-state index >= 15 is 0 Å². The number of aromatic nitrogens is 2. The van der Waals surface area contributed by atoms with Gasteiger partial charge in [-0.25, -0.2) is 9.78 Å². The summed E-state index contributed by atoms with van der Waals surface area (Å²) < 4.78 is 13.3. The number of ether oxygens (including phenoxy) is 2. The third-order valence-corrected chi connectivity index (χ3v) is 8.47. The highest BCUT2D eigenvalue weighted by atomic mass is 32.1. The summed E-state index contributed by atoms with van der Waals surface area (Å²) in [5.74, 6) is 1.97.